The summed E-state index contributed by atoms with van der Waals surface area (Å²) in [6.07, 6.45) is 3.61. The number of benzene rings is 3. The zero-order valence-electron chi connectivity index (χ0n) is 17.8. The van der Waals surface area contributed by atoms with Crippen LogP contribution in [0.15, 0.2) is 84.1 Å². The lowest BCUT2D eigenvalue weighted by Crippen LogP contribution is -2.18. The first-order valence-corrected chi connectivity index (χ1v) is 10.4. The van der Waals surface area contributed by atoms with Crippen molar-refractivity contribution in [3.8, 4) is 23.0 Å². The molecule has 5 rings (SSSR count). The number of fused-ring (bicyclic) bond motifs is 2. The summed E-state index contributed by atoms with van der Waals surface area (Å²) in [5, 5.41) is 0. The van der Waals surface area contributed by atoms with E-state index in [9.17, 15) is 4.79 Å². The Bertz CT molecular complexity index is 1250. The van der Waals surface area contributed by atoms with E-state index in [1.165, 1.54) is 0 Å². The van der Waals surface area contributed by atoms with Crippen molar-refractivity contribution in [1.29, 1.82) is 0 Å². The van der Waals surface area contributed by atoms with Crippen molar-refractivity contribution in [2.24, 2.45) is 0 Å². The highest BCUT2D eigenvalue weighted by Crippen LogP contribution is 2.36. The fourth-order valence-corrected chi connectivity index (χ4v) is 3.76. The van der Waals surface area contributed by atoms with Crippen LogP contribution in [0.5, 0.6) is 23.0 Å². The zero-order chi connectivity index (χ0) is 22.1. The molecule has 2 aliphatic heterocycles. The molecular weight excluding hydrogens is 404 g/mol. The fourth-order valence-electron chi connectivity index (χ4n) is 3.76. The Morgan fingerprint density at radius 3 is 2.72 bits per heavy atom. The number of carbonyl (C=O) groups excluding carboxylic acids is 1. The molecule has 0 saturated heterocycles. The Balaban J connectivity index is 1.34. The number of rotatable bonds is 5. The first kappa shape index (κ1) is 19.9. The Kier molecular flexibility index (Phi) is 5.15. The molecule has 5 nitrogen and oxygen atoms in total. The van der Waals surface area contributed by atoms with Crippen LogP contribution < -0.4 is 18.9 Å². The Morgan fingerprint density at radius 1 is 0.969 bits per heavy atom. The summed E-state index contributed by atoms with van der Waals surface area (Å²) in [6, 6.07) is 20.8. The third kappa shape index (κ3) is 3.85. The molecule has 0 aliphatic carbocycles. The molecule has 160 valence electrons. The van der Waals surface area contributed by atoms with Gasteiger partial charge in [-0.05, 0) is 60.5 Å². The summed E-state index contributed by atoms with van der Waals surface area (Å²) in [7, 11) is 1.63. The molecule has 5 heteroatoms. The highest BCUT2D eigenvalue weighted by molar-refractivity contribution is 6.12. The molecule has 2 heterocycles. The van der Waals surface area contributed by atoms with E-state index in [1.807, 2.05) is 61.5 Å². The van der Waals surface area contributed by atoms with Crippen LogP contribution in [0.25, 0.3) is 6.08 Å². The largest absolute Gasteiger partial charge is 0.497 e. The summed E-state index contributed by atoms with van der Waals surface area (Å²) in [6.45, 7) is 2.34. The third-order valence-electron chi connectivity index (χ3n) is 5.49. The van der Waals surface area contributed by atoms with Crippen LogP contribution in [0.3, 0.4) is 0 Å². The average molecular weight is 426 g/mol. The molecular formula is C27H22O5. The quantitative estimate of drug-likeness (QED) is 0.497. The van der Waals surface area contributed by atoms with Crippen LogP contribution in [-0.2, 0) is 6.61 Å². The standard InChI is InChI=1S/C27H22O5/c1-17-20(13-19-7-3-4-9-24(19)31-17)14-26-27(28)23-11-10-22(15-25(23)32-26)30-16-18-6-5-8-21(12-18)29-2/h3-15,17H,16H2,1-2H3/b26-14-/t17-/m1/s1. The predicted octanol–water partition coefficient (Wildman–Crippen LogP) is 5.60. The van der Waals surface area contributed by atoms with Gasteiger partial charge in [0.25, 0.3) is 0 Å². The van der Waals surface area contributed by atoms with Gasteiger partial charge in [0.15, 0.2) is 5.76 Å². The maximum absolute atomic E-state index is 12.9. The van der Waals surface area contributed by atoms with Crippen molar-refractivity contribution in [2.45, 2.75) is 19.6 Å². The van der Waals surface area contributed by atoms with Gasteiger partial charge in [-0.2, -0.15) is 0 Å². The topological polar surface area (TPSA) is 54.0 Å². The number of ketones is 1. The van der Waals surface area contributed by atoms with Crippen LogP contribution >= 0.6 is 0 Å². The summed E-state index contributed by atoms with van der Waals surface area (Å²) in [5.41, 5.74) is 3.37. The molecule has 0 unspecified atom stereocenters. The number of hydrogen-bond donors (Lipinski definition) is 0. The van der Waals surface area contributed by atoms with Gasteiger partial charge >= 0.3 is 0 Å². The number of para-hydroxylation sites is 1. The van der Waals surface area contributed by atoms with E-state index in [4.69, 9.17) is 18.9 Å². The van der Waals surface area contributed by atoms with Crippen molar-refractivity contribution in [3.05, 3.63) is 101 Å². The number of ether oxygens (including phenoxy) is 4. The number of allylic oxidation sites excluding steroid dienone is 1. The maximum Gasteiger partial charge on any atom is 0.231 e. The SMILES string of the molecule is COc1cccc(COc2ccc3c(c2)O/C(=C\C2=Cc4ccccc4O[C@@H]2C)C3=O)c1. The summed E-state index contributed by atoms with van der Waals surface area (Å²) < 4.78 is 23.0. The van der Waals surface area contributed by atoms with Gasteiger partial charge in [-0.1, -0.05) is 30.3 Å². The van der Waals surface area contributed by atoms with Gasteiger partial charge in [-0.25, -0.2) is 0 Å². The van der Waals surface area contributed by atoms with Gasteiger partial charge in [0, 0.05) is 11.6 Å². The minimum Gasteiger partial charge on any atom is -0.497 e. The summed E-state index contributed by atoms with van der Waals surface area (Å²) in [5.74, 6) is 2.87. The van der Waals surface area contributed by atoms with Gasteiger partial charge in [0.2, 0.25) is 5.78 Å². The second kappa shape index (κ2) is 8.27. The zero-order valence-corrected chi connectivity index (χ0v) is 17.8. The molecule has 0 bridgehead atoms. The van der Waals surface area contributed by atoms with Gasteiger partial charge in [0.1, 0.15) is 35.7 Å². The lowest BCUT2D eigenvalue weighted by Gasteiger charge is -2.22. The fraction of sp³-hybridized carbons (Fsp3) is 0.148. The predicted molar refractivity (Wildman–Crippen MR) is 121 cm³/mol. The second-order valence-electron chi connectivity index (χ2n) is 7.68. The lowest BCUT2D eigenvalue weighted by atomic mass is 10.0. The van der Waals surface area contributed by atoms with E-state index < -0.39 is 0 Å². The van der Waals surface area contributed by atoms with Crippen LogP contribution in [0, 0.1) is 0 Å². The minimum atomic E-state index is -0.181. The van der Waals surface area contributed by atoms with Crippen LogP contribution in [0.2, 0.25) is 0 Å². The minimum absolute atomic E-state index is 0.147. The molecule has 0 saturated carbocycles. The highest BCUT2D eigenvalue weighted by atomic mass is 16.5. The van der Waals surface area contributed by atoms with E-state index in [-0.39, 0.29) is 17.6 Å². The third-order valence-corrected chi connectivity index (χ3v) is 5.49. The molecule has 0 fully saturated rings. The molecule has 32 heavy (non-hydrogen) atoms. The smallest absolute Gasteiger partial charge is 0.231 e. The van der Waals surface area contributed by atoms with Gasteiger partial charge in [-0.3, -0.25) is 4.79 Å². The monoisotopic (exact) mass is 426 g/mol. The van der Waals surface area contributed by atoms with E-state index in [0.717, 1.165) is 28.2 Å². The maximum atomic E-state index is 12.9. The van der Waals surface area contributed by atoms with Gasteiger partial charge in [0.05, 0.1) is 12.7 Å². The highest BCUT2D eigenvalue weighted by Gasteiger charge is 2.29. The van der Waals surface area contributed by atoms with Crippen molar-refractivity contribution in [2.75, 3.05) is 7.11 Å². The molecule has 3 aromatic rings. The molecule has 0 aromatic heterocycles. The van der Waals surface area contributed by atoms with Crippen LogP contribution in [0.4, 0.5) is 0 Å². The van der Waals surface area contributed by atoms with Gasteiger partial charge < -0.3 is 18.9 Å². The summed E-state index contributed by atoms with van der Waals surface area (Å²) >= 11 is 0. The number of carbonyl (C=O) groups is 1. The van der Waals surface area contributed by atoms with E-state index in [0.29, 0.717) is 23.7 Å². The number of Topliss-reactive ketones (excluding diaryl/α,β-unsaturated/α-hetero) is 1. The molecule has 0 N–H and O–H groups in total. The van der Waals surface area contributed by atoms with Crippen molar-refractivity contribution < 1.29 is 23.7 Å². The molecule has 3 aromatic carbocycles. The molecule has 0 radical (unpaired) electrons. The van der Waals surface area contributed by atoms with Gasteiger partial charge in [-0.15, -0.1) is 0 Å². The second-order valence-corrected chi connectivity index (χ2v) is 7.68. The molecule has 0 spiro atoms. The number of hydrogen-bond acceptors (Lipinski definition) is 5. The van der Waals surface area contributed by atoms with Crippen LogP contribution in [0.1, 0.15) is 28.4 Å². The first-order valence-electron chi connectivity index (χ1n) is 10.4. The average Bonchev–Trinajstić information content (AvgIpc) is 3.12. The Labute approximate surface area is 186 Å². The molecule has 0 amide bonds. The van der Waals surface area contributed by atoms with Crippen LogP contribution in [-0.4, -0.2) is 19.0 Å². The van der Waals surface area contributed by atoms with Crippen molar-refractivity contribution in [3.63, 3.8) is 0 Å². The molecule has 1 atom stereocenters. The summed E-state index contributed by atoms with van der Waals surface area (Å²) in [4.78, 5) is 12.9. The Hall–Kier alpha value is -3.99. The Morgan fingerprint density at radius 2 is 1.84 bits per heavy atom. The van der Waals surface area contributed by atoms with Crippen molar-refractivity contribution in [1.82, 2.24) is 0 Å². The molecule has 2 aliphatic rings. The normalized spacial score (nSPS) is 17.7. The van der Waals surface area contributed by atoms with E-state index >= 15 is 0 Å². The van der Waals surface area contributed by atoms with Crippen molar-refractivity contribution >= 4 is 11.9 Å². The first-order chi connectivity index (χ1) is 15.6. The van der Waals surface area contributed by atoms with E-state index in [1.54, 1.807) is 31.4 Å². The lowest BCUT2D eigenvalue weighted by molar-refractivity contribution is 0.101. The number of methoxy groups -OCH3 is 1. The van der Waals surface area contributed by atoms with E-state index in [2.05, 4.69) is 0 Å².